The Bertz CT molecular complexity index is 1920. The number of anilines is 1. The van der Waals surface area contributed by atoms with Crippen LogP contribution in [0.1, 0.15) is 27.3 Å². The molecule has 0 aliphatic heterocycles. The maximum absolute atomic E-state index is 14.1. The number of aryl methyl sites for hydroxylation is 1. The summed E-state index contributed by atoms with van der Waals surface area (Å²) in [5.74, 6) is -1.40. The topological polar surface area (TPSA) is 177 Å². The highest BCUT2D eigenvalue weighted by Gasteiger charge is 2.35. The number of aromatic nitrogens is 4. The summed E-state index contributed by atoms with van der Waals surface area (Å²) in [6, 6.07) is 7.90. The molecule has 0 fully saturated rings. The van der Waals surface area contributed by atoms with Gasteiger partial charge in [0, 0.05) is 36.8 Å². The molecule has 0 saturated carbocycles. The van der Waals surface area contributed by atoms with E-state index in [-0.39, 0.29) is 40.3 Å². The minimum atomic E-state index is -4.82. The Morgan fingerprint density at radius 3 is 2.51 bits per heavy atom. The van der Waals surface area contributed by atoms with Gasteiger partial charge in [-0.05, 0) is 42.8 Å². The number of nitro benzene ring substituents is 1. The molecule has 41 heavy (non-hydrogen) atoms. The molecule has 0 aliphatic rings. The maximum atomic E-state index is 14.1. The molecule has 0 radical (unpaired) electrons. The standard InChI is InChI=1S/C25H18F3N7O6/c1-12-20(23(37)38)32-21-22(36)31-17-8-16(25(26,27)28)18(9-19(17)34(12)21)33-7-6-13(11-33)10-29-24(39)30-14-2-4-15(5-3-14)35(40)41/h2-9,11H,10H2,1H3,(H,31,36)(H,37,38)(H2,29,30,39). The molecule has 0 spiro atoms. The third-order valence-electron chi connectivity index (χ3n) is 6.24. The summed E-state index contributed by atoms with van der Waals surface area (Å²) in [5, 5.41) is 25.2. The smallest absolute Gasteiger partial charge is 0.418 e. The number of carbonyl (C=O) groups excluding carboxylic acids is 1. The Hall–Kier alpha value is -5.67. The molecule has 16 heteroatoms. The third kappa shape index (κ3) is 5.05. The van der Waals surface area contributed by atoms with Gasteiger partial charge in [-0.25, -0.2) is 14.6 Å². The number of nitrogens with one attached hydrogen (secondary N) is 3. The second kappa shape index (κ2) is 9.82. The van der Waals surface area contributed by atoms with Crippen LogP contribution in [0.25, 0.3) is 22.4 Å². The normalized spacial score (nSPS) is 11.6. The Kier molecular flexibility index (Phi) is 6.44. The van der Waals surface area contributed by atoms with Crippen LogP contribution in [0.4, 0.5) is 29.3 Å². The second-order valence-corrected chi connectivity index (χ2v) is 8.89. The van der Waals surface area contributed by atoms with Gasteiger partial charge in [-0.2, -0.15) is 13.2 Å². The number of non-ortho nitro benzene ring substituents is 1. The van der Waals surface area contributed by atoms with Crippen molar-refractivity contribution in [1.82, 2.24) is 24.3 Å². The molecule has 4 N–H and O–H groups in total. The first-order valence-corrected chi connectivity index (χ1v) is 11.7. The van der Waals surface area contributed by atoms with E-state index < -0.39 is 39.9 Å². The van der Waals surface area contributed by atoms with Crippen molar-refractivity contribution < 1.29 is 32.8 Å². The summed E-state index contributed by atoms with van der Waals surface area (Å²) < 4.78 is 44.7. The number of alkyl halides is 3. The van der Waals surface area contributed by atoms with Crippen molar-refractivity contribution in [3.05, 3.63) is 97.8 Å². The average molecular weight is 569 g/mol. The molecule has 210 valence electrons. The summed E-state index contributed by atoms with van der Waals surface area (Å²) in [7, 11) is 0. The number of aromatic carboxylic acids is 1. The Morgan fingerprint density at radius 2 is 1.88 bits per heavy atom. The Morgan fingerprint density at radius 1 is 1.17 bits per heavy atom. The van der Waals surface area contributed by atoms with Crippen LogP contribution in [0, 0.1) is 17.0 Å². The molecule has 2 aromatic carbocycles. The number of amides is 2. The van der Waals surface area contributed by atoms with E-state index in [0.717, 1.165) is 6.07 Å². The lowest BCUT2D eigenvalue weighted by molar-refractivity contribution is -0.384. The fourth-order valence-electron chi connectivity index (χ4n) is 4.35. The van der Waals surface area contributed by atoms with Crippen LogP contribution in [0.15, 0.2) is 59.7 Å². The molecule has 5 rings (SSSR count). The summed E-state index contributed by atoms with van der Waals surface area (Å²) in [6.07, 6.45) is -2.10. The number of halogens is 3. The highest BCUT2D eigenvalue weighted by Crippen LogP contribution is 2.36. The van der Waals surface area contributed by atoms with Gasteiger partial charge in [0.25, 0.3) is 11.2 Å². The van der Waals surface area contributed by atoms with E-state index in [2.05, 4.69) is 20.6 Å². The van der Waals surface area contributed by atoms with Gasteiger partial charge in [0.2, 0.25) is 5.65 Å². The van der Waals surface area contributed by atoms with Crippen LogP contribution < -0.4 is 16.2 Å². The molecule has 0 unspecified atom stereocenters. The van der Waals surface area contributed by atoms with Crippen molar-refractivity contribution in [2.24, 2.45) is 0 Å². The molecule has 0 saturated heterocycles. The minimum absolute atomic E-state index is 0.0609. The largest absolute Gasteiger partial charge is 0.476 e. The van der Waals surface area contributed by atoms with Crippen LogP contribution in [-0.2, 0) is 12.7 Å². The van der Waals surface area contributed by atoms with E-state index in [1.165, 1.54) is 64.7 Å². The van der Waals surface area contributed by atoms with Crippen molar-refractivity contribution in [3.63, 3.8) is 0 Å². The SMILES string of the molecule is Cc1c(C(=O)O)nc2c(=O)[nH]c3cc(C(F)(F)F)c(-n4ccc(CNC(=O)Nc5ccc([N+](=O)[O-])cc5)c4)cc3n12. The molecule has 0 bridgehead atoms. The van der Waals surface area contributed by atoms with E-state index in [1.54, 1.807) is 0 Å². The lowest BCUT2D eigenvalue weighted by Gasteiger charge is -2.16. The number of rotatable bonds is 6. The first-order valence-electron chi connectivity index (χ1n) is 11.7. The van der Waals surface area contributed by atoms with Crippen molar-refractivity contribution in [2.75, 3.05) is 5.32 Å². The van der Waals surface area contributed by atoms with E-state index >= 15 is 0 Å². The highest BCUT2D eigenvalue weighted by atomic mass is 19.4. The van der Waals surface area contributed by atoms with Crippen molar-refractivity contribution in [3.8, 4) is 5.69 Å². The number of fused-ring (bicyclic) bond motifs is 3. The first kappa shape index (κ1) is 26.9. The van der Waals surface area contributed by atoms with Crippen molar-refractivity contribution in [2.45, 2.75) is 19.6 Å². The van der Waals surface area contributed by atoms with Gasteiger partial charge in [0.1, 0.15) is 0 Å². The number of urea groups is 1. The number of hydrogen-bond acceptors (Lipinski definition) is 6. The van der Waals surface area contributed by atoms with Gasteiger partial charge in [0.15, 0.2) is 5.69 Å². The summed E-state index contributed by atoms with van der Waals surface area (Å²) in [5.41, 5.74) is -2.36. The van der Waals surface area contributed by atoms with Crippen LogP contribution in [0.2, 0.25) is 0 Å². The van der Waals surface area contributed by atoms with Gasteiger partial charge in [-0.3, -0.25) is 19.3 Å². The van der Waals surface area contributed by atoms with Crippen LogP contribution in [0.3, 0.4) is 0 Å². The van der Waals surface area contributed by atoms with Crippen LogP contribution >= 0.6 is 0 Å². The predicted molar refractivity (Wildman–Crippen MR) is 138 cm³/mol. The molecule has 5 aromatic rings. The lowest BCUT2D eigenvalue weighted by Crippen LogP contribution is -2.28. The van der Waals surface area contributed by atoms with E-state index in [9.17, 15) is 42.8 Å². The summed E-state index contributed by atoms with van der Waals surface area (Å²) in [6.45, 7) is 1.32. The van der Waals surface area contributed by atoms with Gasteiger partial charge in [-0.15, -0.1) is 0 Å². The number of carboxylic acid groups (broad SMARTS) is 1. The maximum Gasteiger partial charge on any atom is 0.418 e. The molecule has 13 nitrogen and oxygen atoms in total. The quantitative estimate of drug-likeness (QED) is 0.175. The molecule has 3 aromatic heterocycles. The number of H-pyrrole nitrogens is 1. The Balaban J connectivity index is 1.47. The van der Waals surface area contributed by atoms with E-state index in [1.807, 2.05) is 0 Å². The summed E-state index contributed by atoms with van der Waals surface area (Å²) in [4.78, 5) is 52.7. The van der Waals surface area contributed by atoms with E-state index in [4.69, 9.17) is 0 Å². The molecule has 0 atom stereocenters. The van der Waals surface area contributed by atoms with E-state index in [0.29, 0.717) is 11.3 Å². The van der Waals surface area contributed by atoms with Crippen molar-refractivity contribution in [1.29, 1.82) is 0 Å². The first-order chi connectivity index (χ1) is 19.3. The zero-order valence-electron chi connectivity index (χ0n) is 20.8. The number of hydrogen-bond donors (Lipinski definition) is 4. The zero-order chi connectivity index (χ0) is 29.6. The fraction of sp³-hybridized carbons (Fsp3) is 0.120. The number of carbonyl (C=O) groups is 2. The molecule has 2 amide bonds. The highest BCUT2D eigenvalue weighted by molar-refractivity contribution is 5.90. The number of nitro groups is 1. The van der Waals surface area contributed by atoms with Gasteiger partial charge >= 0.3 is 18.2 Å². The molecular formula is C25H18F3N7O6. The molecule has 3 heterocycles. The monoisotopic (exact) mass is 569 g/mol. The minimum Gasteiger partial charge on any atom is -0.476 e. The number of aromatic amines is 1. The predicted octanol–water partition coefficient (Wildman–Crippen LogP) is 4.22. The van der Waals surface area contributed by atoms with Gasteiger partial charge < -0.3 is 25.3 Å². The average Bonchev–Trinajstić information content (AvgIpc) is 3.52. The van der Waals surface area contributed by atoms with Crippen molar-refractivity contribution >= 4 is 40.1 Å². The number of benzene rings is 2. The second-order valence-electron chi connectivity index (χ2n) is 8.89. The number of nitrogens with zero attached hydrogens (tertiary/aromatic N) is 4. The summed E-state index contributed by atoms with van der Waals surface area (Å²) >= 11 is 0. The lowest BCUT2D eigenvalue weighted by atomic mass is 10.1. The van der Waals surface area contributed by atoms with Gasteiger partial charge in [-0.1, -0.05) is 0 Å². The zero-order valence-corrected chi connectivity index (χ0v) is 20.8. The van der Waals surface area contributed by atoms with Crippen LogP contribution in [0.5, 0.6) is 0 Å². The van der Waals surface area contributed by atoms with Gasteiger partial charge in [0.05, 0.1) is 32.9 Å². The number of carboxylic acids is 1. The molecular weight excluding hydrogens is 551 g/mol. The Labute approximate surface area is 226 Å². The third-order valence-corrected chi connectivity index (χ3v) is 6.24. The fourth-order valence-corrected chi connectivity index (χ4v) is 4.35. The molecule has 0 aliphatic carbocycles. The number of imidazole rings is 1. The van der Waals surface area contributed by atoms with Crippen LogP contribution in [-0.4, -0.2) is 41.0 Å².